The topological polar surface area (TPSA) is 105 Å². The molecule has 3 N–H and O–H groups in total. The van der Waals surface area contributed by atoms with Gasteiger partial charge in [0.25, 0.3) is 0 Å². The Bertz CT molecular complexity index is 354. The molecule has 0 aromatic carbocycles. The quantitative estimate of drug-likeness (QED) is 0.469. The molecule has 1 unspecified atom stereocenters. The van der Waals surface area contributed by atoms with E-state index in [0.717, 1.165) is 0 Å². The Morgan fingerprint density at radius 3 is 2.59 bits per heavy atom. The van der Waals surface area contributed by atoms with Gasteiger partial charge in [0.2, 0.25) is 0 Å². The zero-order valence-electron chi connectivity index (χ0n) is 9.00. The van der Waals surface area contributed by atoms with E-state index in [4.69, 9.17) is 38.7 Å². The van der Waals surface area contributed by atoms with Crippen molar-refractivity contribution in [1.82, 2.24) is 0 Å². The van der Waals surface area contributed by atoms with Gasteiger partial charge in [-0.2, -0.15) is 0 Å². The molecule has 0 aromatic rings. The fraction of sp³-hybridized carbons (Fsp3) is 1.00. The second-order valence-corrected chi connectivity index (χ2v) is 8.78. The molecular weight excluding hydrogens is 289 g/mol. The average Bonchev–Trinajstić information content (AvgIpc) is 2.40. The Hall–Kier alpha value is 0.705. The number of phosphoric ester groups is 1. The molecule has 1 rings (SSSR count). The Balaban J connectivity index is 2.44. The molecule has 0 amide bonds. The highest BCUT2D eigenvalue weighted by Crippen LogP contribution is 2.43. The molecule has 11 heteroatoms. The van der Waals surface area contributed by atoms with Gasteiger partial charge >= 0.3 is 7.82 Å². The summed E-state index contributed by atoms with van der Waals surface area (Å²) >= 11 is 4.71. The van der Waals surface area contributed by atoms with Crippen molar-refractivity contribution in [2.75, 3.05) is 13.3 Å². The first kappa shape index (κ1) is 15.8. The maximum Gasteiger partial charge on any atom is 0.469 e. The highest BCUT2D eigenvalue weighted by molar-refractivity contribution is 8.09. The molecule has 4 atom stereocenters. The van der Waals surface area contributed by atoms with Crippen LogP contribution in [0.2, 0.25) is 0 Å². The van der Waals surface area contributed by atoms with Gasteiger partial charge in [-0.1, -0.05) is 0 Å². The average molecular weight is 302 g/mol. The van der Waals surface area contributed by atoms with Gasteiger partial charge in [0.05, 0.1) is 18.8 Å². The molecule has 0 bridgehead atoms. The Kier molecular flexibility index (Phi) is 5.36. The Labute approximate surface area is 105 Å². The van der Waals surface area contributed by atoms with Crippen LogP contribution in [0.5, 0.6) is 0 Å². The van der Waals surface area contributed by atoms with Crippen molar-refractivity contribution in [3.05, 3.63) is 0 Å². The zero-order valence-corrected chi connectivity index (χ0v) is 11.6. The van der Waals surface area contributed by atoms with Gasteiger partial charge in [0.1, 0.15) is 7.85 Å². The molecule has 1 saturated heterocycles. The van der Waals surface area contributed by atoms with E-state index in [9.17, 15) is 9.46 Å². The minimum absolute atomic E-state index is 0.258. The predicted molar refractivity (Wildman–Crippen MR) is 64.3 cm³/mol. The fourth-order valence-corrected chi connectivity index (χ4v) is 2.80. The first-order chi connectivity index (χ1) is 7.57. The lowest BCUT2D eigenvalue weighted by atomic mass is 9.95. The summed E-state index contributed by atoms with van der Waals surface area (Å²) in [5, 5.41) is 0. The van der Waals surface area contributed by atoms with E-state index < -0.39 is 32.5 Å². The van der Waals surface area contributed by atoms with Crippen LogP contribution in [0.25, 0.3) is 0 Å². The number of phosphoric acid groups is 1. The van der Waals surface area contributed by atoms with Crippen LogP contribution in [-0.2, 0) is 30.2 Å². The molecule has 0 spiro atoms. The molecule has 98 valence electrons. The summed E-state index contributed by atoms with van der Waals surface area (Å²) in [6.07, 6.45) is -0.932. The number of ether oxygens (including phenoxy) is 1. The highest BCUT2D eigenvalue weighted by atomic mass is 32.5. The third-order valence-corrected chi connectivity index (χ3v) is 3.38. The van der Waals surface area contributed by atoms with E-state index in [1.807, 2.05) is 0 Å². The van der Waals surface area contributed by atoms with Crippen molar-refractivity contribution in [2.45, 2.75) is 24.6 Å². The summed E-state index contributed by atoms with van der Waals surface area (Å²) in [6, 6.07) is -0.796. The van der Waals surface area contributed by atoms with Crippen LogP contribution in [0.3, 0.4) is 0 Å². The fourth-order valence-electron chi connectivity index (χ4n) is 1.40. The van der Waals surface area contributed by atoms with E-state index in [-0.39, 0.29) is 13.0 Å². The molecule has 1 aliphatic rings. The van der Waals surface area contributed by atoms with Crippen LogP contribution < -0.4 is 0 Å². The van der Waals surface area contributed by atoms with Crippen LogP contribution in [0.4, 0.5) is 0 Å². The highest BCUT2D eigenvalue weighted by Gasteiger charge is 2.35. The minimum Gasteiger partial charge on any atom is -0.380 e. The van der Waals surface area contributed by atoms with Crippen molar-refractivity contribution in [3.8, 4) is 0 Å². The van der Waals surface area contributed by atoms with Crippen molar-refractivity contribution in [1.29, 1.82) is 0 Å². The molecule has 0 saturated carbocycles. The standard InChI is InChI=1S/C6H13BO7P2S/c1-15(8,17)14-5-2-4(13-6(5)7)3-12-16(9,10)11/h4-6H,2-3H2,1H3,(H,8,17)(H2,9,10,11)/t4-,5+,6+,15?/m0/s1. The molecule has 1 heterocycles. The van der Waals surface area contributed by atoms with E-state index in [2.05, 4.69) is 4.52 Å². The Morgan fingerprint density at radius 2 is 2.12 bits per heavy atom. The van der Waals surface area contributed by atoms with Gasteiger partial charge < -0.3 is 23.9 Å². The lowest BCUT2D eigenvalue weighted by molar-refractivity contribution is 0.0319. The number of hydrogen-bond acceptors (Lipinski definition) is 5. The van der Waals surface area contributed by atoms with E-state index in [1.54, 1.807) is 0 Å². The second kappa shape index (κ2) is 5.78. The first-order valence-corrected chi connectivity index (χ1v) is 9.32. The molecule has 7 nitrogen and oxygen atoms in total. The largest absolute Gasteiger partial charge is 0.469 e. The van der Waals surface area contributed by atoms with E-state index in [0.29, 0.717) is 0 Å². The third kappa shape index (κ3) is 6.43. The SMILES string of the molecule is [B][C@@H]1O[C@H](COP(=O)(O)O)C[C@H]1OP(C)(O)=S. The minimum atomic E-state index is -4.52. The first-order valence-electron chi connectivity index (χ1n) is 4.66. The van der Waals surface area contributed by atoms with Gasteiger partial charge in [0.15, 0.2) is 6.49 Å². The smallest absolute Gasteiger partial charge is 0.380 e. The summed E-state index contributed by atoms with van der Waals surface area (Å²) in [5.74, 6) is 0. The monoisotopic (exact) mass is 302 g/mol. The molecule has 0 aliphatic carbocycles. The summed E-state index contributed by atoms with van der Waals surface area (Å²) in [6.45, 7) is -1.76. The maximum absolute atomic E-state index is 10.5. The molecule has 17 heavy (non-hydrogen) atoms. The maximum atomic E-state index is 10.5. The Morgan fingerprint density at radius 1 is 1.53 bits per heavy atom. The van der Waals surface area contributed by atoms with Crippen molar-refractivity contribution in [2.24, 2.45) is 0 Å². The van der Waals surface area contributed by atoms with Gasteiger partial charge in [-0.3, -0.25) is 4.52 Å². The van der Waals surface area contributed by atoms with Gasteiger partial charge in [-0.15, -0.1) is 0 Å². The van der Waals surface area contributed by atoms with Crippen LogP contribution in [0, 0.1) is 0 Å². The summed E-state index contributed by atoms with van der Waals surface area (Å²) in [4.78, 5) is 26.4. The molecule has 1 aliphatic heterocycles. The predicted octanol–water partition coefficient (Wildman–Crippen LogP) is -0.304. The van der Waals surface area contributed by atoms with E-state index >= 15 is 0 Å². The van der Waals surface area contributed by atoms with Crippen LogP contribution >= 0.6 is 14.3 Å². The number of rotatable bonds is 5. The lowest BCUT2D eigenvalue weighted by Gasteiger charge is -2.19. The summed E-state index contributed by atoms with van der Waals surface area (Å²) in [5.41, 5.74) is 0. The molecular formula is C6H13BO7P2S. The zero-order chi connectivity index (χ0) is 13.3. The van der Waals surface area contributed by atoms with Crippen LogP contribution in [0.15, 0.2) is 0 Å². The summed E-state index contributed by atoms with van der Waals surface area (Å²) in [7, 11) is 1.06. The van der Waals surface area contributed by atoms with Gasteiger partial charge in [-0.25, -0.2) is 4.57 Å². The summed E-state index contributed by atoms with van der Waals surface area (Å²) < 4.78 is 25.1. The lowest BCUT2D eigenvalue weighted by Crippen LogP contribution is -2.23. The normalized spacial score (nSPS) is 33.5. The van der Waals surface area contributed by atoms with Gasteiger partial charge in [-0.05, 0) is 11.8 Å². The third-order valence-electron chi connectivity index (χ3n) is 1.97. The van der Waals surface area contributed by atoms with E-state index in [1.165, 1.54) is 6.66 Å². The molecule has 0 aromatic heterocycles. The number of hydrogen-bond donors (Lipinski definition) is 3. The van der Waals surface area contributed by atoms with Crippen LogP contribution in [0.1, 0.15) is 6.42 Å². The van der Waals surface area contributed by atoms with Gasteiger partial charge in [0, 0.05) is 19.1 Å². The van der Waals surface area contributed by atoms with Crippen molar-refractivity contribution < 1.29 is 33.0 Å². The molecule has 2 radical (unpaired) electrons. The van der Waals surface area contributed by atoms with Crippen molar-refractivity contribution >= 4 is 34.0 Å². The van der Waals surface area contributed by atoms with Crippen LogP contribution in [-0.4, -0.2) is 54.0 Å². The van der Waals surface area contributed by atoms with Crippen molar-refractivity contribution in [3.63, 3.8) is 0 Å². The molecule has 1 fully saturated rings. The second-order valence-electron chi connectivity index (χ2n) is 3.69.